The zero-order valence-electron chi connectivity index (χ0n) is 9.83. The first kappa shape index (κ1) is 13.3. The van der Waals surface area contributed by atoms with E-state index in [1.54, 1.807) is 12.1 Å². The Bertz CT molecular complexity index is 677. The number of carboxylic acid groups (broad SMARTS) is 1. The van der Waals surface area contributed by atoms with Crippen LogP contribution in [0.2, 0.25) is 0 Å². The smallest absolute Gasteiger partial charge is 0.352 e. The number of aromatic nitrogens is 1. The number of nitrogens with one attached hydrogen (secondary N) is 2. The second-order valence-electron chi connectivity index (χ2n) is 3.86. The number of benzene rings is 1. The molecule has 1 heterocycles. The number of H-pyrrole nitrogens is 1. The van der Waals surface area contributed by atoms with Gasteiger partial charge in [-0.3, -0.25) is 0 Å². The molecule has 0 radical (unpaired) electrons. The van der Waals surface area contributed by atoms with Crippen LogP contribution in [0.5, 0.6) is 0 Å². The van der Waals surface area contributed by atoms with E-state index in [0.29, 0.717) is 0 Å². The lowest BCUT2D eigenvalue weighted by Crippen LogP contribution is -2.22. The zero-order chi connectivity index (χ0) is 13.9. The Balaban J connectivity index is 2.12. The average molecular weight is 280 g/mol. The highest BCUT2D eigenvalue weighted by Gasteiger charge is 2.17. The highest BCUT2D eigenvalue weighted by atomic mass is 32.2. The summed E-state index contributed by atoms with van der Waals surface area (Å²) in [5, 5.41) is 8.73. The third kappa shape index (κ3) is 3.21. The monoisotopic (exact) mass is 280 g/mol. The van der Waals surface area contributed by atoms with Crippen LogP contribution >= 0.6 is 0 Å². The molecule has 0 aliphatic rings. The van der Waals surface area contributed by atoms with E-state index in [1.165, 1.54) is 0 Å². The van der Waals surface area contributed by atoms with Gasteiger partial charge in [0.2, 0.25) is 10.0 Å². The van der Waals surface area contributed by atoms with Crippen molar-refractivity contribution in [3.8, 4) is 0 Å². The van der Waals surface area contributed by atoms with Crippen LogP contribution < -0.4 is 4.72 Å². The molecule has 0 saturated heterocycles. The summed E-state index contributed by atoms with van der Waals surface area (Å²) in [6, 6.07) is 10.1. The first-order valence-electron chi connectivity index (χ1n) is 5.44. The molecule has 1 aromatic carbocycles. The molecule has 0 unspecified atom stereocenters. The van der Waals surface area contributed by atoms with Crippen molar-refractivity contribution in [2.24, 2.45) is 0 Å². The standard InChI is InChI=1S/C12H12N2O4S/c15-12(16)11-6-10(8-13-11)19(17,18)14-7-9-4-2-1-3-5-9/h1-6,8,13-14H,7H2,(H,15,16). The number of carbonyl (C=O) groups is 1. The maximum absolute atomic E-state index is 11.9. The minimum absolute atomic E-state index is 0.0965. The first-order valence-corrected chi connectivity index (χ1v) is 6.92. The van der Waals surface area contributed by atoms with Gasteiger partial charge in [-0.05, 0) is 11.6 Å². The van der Waals surface area contributed by atoms with Gasteiger partial charge in [0.25, 0.3) is 0 Å². The lowest BCUT2D eigenvalue weighted by atomic mass is 10.2. The number of aromatic amines is 1. The zero-order valence-corrected chi connectivity index (χ0v) is 10.6. The molecule has 2 rings (SSSR count). The fourth-order valence-corrected chi connectivity index (χ4v) is 2.52. The molecular weight excluding hydrogens is 268 g/mol. The molecule has 100 valence electrons. The summed E-state index contributed by atoms with van der Waals surface area (Å²) in [5.74, 6) is -1.20. The summed E-state index contributed by atoms with van der Waals surface area (Å²) in [5.41, 5.74) is 0.653. The molecule has 0 spiro atoms. The highest BCUT2D eigenvalue weighted by molar-refractivity contribution is 7.89. The van der Waals surface area contributed by atoms with Crippen LogP contribution in [0.1, 0.15) is 16.1 Å². The summed E-state index contributed by atoms with van der Waals surface area (Å²) in [4.78, 5) is 13.0. The van der Waals surface area contributed by atoms with Gasteiger partial charge in [-0.15, -0.1) is 0 Å². The highest BCUT2D eigenvalue weighted by Crippen LogP contribution is 2.11. The molecule has 0 aliphatic heterocycles. The van der Waals surface area contributed by atoms with Crippen LogP contribution in [0.25, 0.3) is 0 Å². The van der Waals surface area contributed by atoms with E-state index < -0.39 is 16.0 Å². The molecule has 6 nitrogen and oxygen atoms in total. The van der Waals surface area contributed by atoms with Crippen molar-refractivity contribution >= 4 is 16.0 Å². The van der Waals surface area contributed by atoms with Crippen molar-refractivity contribution in [1.29, 1.82) is 0 Å². The van der Waals surface area contributed by atoms with Crippen molar-refractivity contribution in [1.82, 2.24) is 9.71 Å². The van der Waals surface area contributed by atoms with Crippen LogP contribution in [-0.4, -0.2) is 24.5 Å². The van der Waals surface area contributed by atoms with Gasteiger partial charge in [0, 0.05) is 12.7 Å². The van der Waals surface area contributed by atoms with E-state index in [2.05, 4.69) is 9.71 Å². The molecule has 0 saturated carbocycles. The van der Waals surface area contributed by atoms with E-state index in [0.717, 1.165) is 17.8 Å². The predicted molar refractivity (Wildman–Crippen MR) is 68.2 cm³/mol. The Hall–Kier alpha value is -2.12. The Kier molecular flexibility index (Phi) is 3.68. The maximum atomic E-state index is 11.9. The molecule has 0 atom stereocenters. The van der Waals surface area contributed by atoms with E-state index in [1.807, 2.05) is 18.2 Å². The van der Waals surface area contributed by atoms with Gasteiger partial charge in [-0.1, -0.05) is 30.3 Å². The first-order chi connectivity index (χ1) is 8.99. The minimum atomic E-state index is -3.72. The van der Waals surface area contributed by atoms with Crippen molar-refractivity contribution in [2.75, 3.05) is 0 Å². The number of carboxylic acids is 1. The van der Waals surface area contributed by atoms with Crippen LogP contribution in [0.4, 0.5) is 0 Å². The van der Waals surface area contributed by atoms with Crippen molar-refractivity contribution in [2.45, 2.75) is 11.4 Å². The van der Waals surface area contributed by atoms with Gasteiger partial charge in [-0.2, -0.15) is 0 Å². The minimum Gasteiger partial charge on any atom is -0.477 e. The van der Waals surface area contributed by atoms with Crippen molar-refractivity contribution in [3.63, 3.8) is 0 Å². The van der Waals surface area contributed by atoms with Crippen molar-refractivity contribution in [3.05, 3.63) is 53.9 Å². The largest absolute Gasteiger partial charge is 0.477 e. The lowest BCUT2D eigenvalue weighted by Gasteiger charge is -2.04. The van der Waals surface area contributed by atoms with Gasteiger partial charge < -0.3 is 10.1 Å². The van der Waals surface area contributed by atoms with Crippen LogP contribution in [0.3, 0.4) is 0 Å². The third-order valence-electron chi connectivity index (χ3n) is 2.51. The topological polar surface area (TPSA) is 99.3 Å². The van der Waals surface area contributed by atoms with E-state index in [-0.39, 0.29) is 17.1 Å². The summed E-state index contributed by atoms with van der Waals surface area (Å²) in [7, 11) is -3.72. The molecule has 7 heteroatoms. The fraction of sp³-hybridized carbons (Fsp3) is 0.0833. The van der Waals surface area contributed by atoms with E-state index in [4.69, 9.17) is 5.11 Å². The number of aromatic carboxylic acids is 1. The Morgan fingerprint density at radius 3 is 2.53 bits per heavy atom. The summed E-state index contributed by atoms with van der Waals surface area (Å²) in [6.45, 7) is 0.150. The summed E-state index contributed by atoms with van der Waals surface area (Å²) in [6.07, 6.45) is 1.15. The van der Waals surface area contributed by atoms with Gasteiger partial charge in [-0.25, -0.2) is 17.9 Å². The Morgan fingerprint density at radius 1 is 1.26 bits per heavy atom. The normalized spacial score (nSPS) is 11.4. The number of hydrogen-bond acceptors (Lipinski definition) is 3. The molecular formula is C12H12N2O4S. The molecule has 2 aromatic rings. The Labute approximate surface area is 110 Å². The summed E-state index contributed by atoms with van der Waals surface area (Å²) < 4.78 is 26.2. The second kappa shape index (κ2) is 5.25. The number of rotatable bonds is 5. The average Bonchev–Trinajstić information content (AvgIpc) is 2.88. The number of hydrogen-bond donors (Lipinski definition) is 3. The van der Waals surface area contributed by atoms with Gasteiger partial charge in [0.05, 0.1) is 0 Å². The summed E-state index contributed by atoms with van der Waals surface area (Å²) >= 11 is 0. The molecule has 0 amide bonds. The SMILES string of the molecule is O=C(O)c1cc(S(=O)(=O)NCc2ccccc2)c[nH]1. The van der Waals surface area contributed by atoms with E-state index >= 15 is 0 Å². The molecule has 0 bridgehead atoms. The van der Waals surface area contributed by atoms with Crippen molar-refractivity contribution < 1.29 is 18.3 Å². The number of sulfonamides is 1. The van der Waals surface area contributed by atoms with Crippen LogP contribution in [0, 0.1) is 0 Å². The van der Waals surface area contributed by atoms with E-state index in [9.17, 15) is 13.2 Å². The molecule has 19 heavy (non-hydrogen) atoms. The second-order valence-corrected chi connectivity index (χ2v) is 5.63. The van der Waals surface area contributed by atoms with Gasteiger partial charge in [0.1, 0.15) is 10.6 Å². The van der Waals surface area contributed by atoms with Gasteiger partial charge in [0.15, 0.2) is 0 Å². The predicted octanol–water partition coefficient (Wildman–Crippen LogP) is 1.19. The van der Waals surface area contributed by atoms with Crippen LogP contribution in [-0.2, 0) is 16.6 Å². The van der Waals surface area contributed by atoms with Crippen LogP contribution in [0.15, 0.2) is 47.5 Å². The third-order valence-corrected chi connectivity index (χ3v) is 3.89. The Morgan fingerprint density at radius 2 is 1.95 bits per heavy atom. The lowest BCUT2D eigenvalue weighted by molar-refractivity contribution is 0.0691. The quantitative estimate of drug-likeness (QED) is 0.766. The fourth-order valence-electron chi connectivity index (χ4n) is 1.51. The van der Waals surface area contributed by atoms with Gasteiger partial charge >= 0.3 is 5.97 Å². The molecule has 0 fully saturated rings. The molecule has 0 aliphatic carbocycles. The molecule has 1 aromatic heterocycles. The maximum Gasteiger partial charge on any atom is 0.352 e. The molecule has 3 N–H and O–H groups in total.